The van der Waals surface area contributed by atoms with Gasteiger partial charge in [0.05, 0.1) is 32.4 Å². The molecule has 0 spiro atoms. The largest absolute Gasteiger partial charge is 0.490 e. The van der Waals surface area contributed by atoms with Gasteiger partial charge < -0.3 is 26.0 Å². The minimum absolute atomic E-state index is 0.0592. The highest BCUT2D eigenvalue weighted by Gasteiger charge is 2.38. The van der Waals surface area contributed by atoms with E-state index in [1.165, 1.54) is 45.5 Å². The van der Waals surface area contributed by atoms with E-state index in [1.807, 2.05) is 19.0 Å². The molecule has 1 saturated heterocycles. The Morgan fingerprint density at radius 1 is 1.02 bits per heavy atom. The van der Waals surface area contributed by atoms with E-state index >= 15 is 0 Å². The lowest BCUT2D eigenvalue weighted by Crippen LogP contribution is -2.46. The van der Waals surface area contributed by atoms with Crippen LogP contribution in [0.2, 0.25) is 10.0 Å². The van der Waals surface area contributed by atoms with Gasteiger partial charge in [-0.05, 0) is 57.3 Å². The summed E-state index contributed by atoms with van der Waals surface area (Å²) < 4.78 is 61.2. The lowest BCUT2D eigenvalue weighted by Gasteiger charge is -2.31. The van der Waals surface area contributed by atoms with Crippen LogP contribution < -0.4 is 16.0 Å². The lowest BCUT2D eigenvalue weighted by atomic mass is 10.1. The number of hydrogen-bond donors (Lipinski definition) is 4. The number of piperidine rings is 1. The number of rotatable bonds is 10. The van der Waals surface area contributed by atoms with E-state index in [4.69, 9.17) is 33.1 Å². The number of carbonyl (C=O) groups excluding carboxylic acids is 3. The standard InChI is InChI=1S/C29H33Cl2N7O5S.C2HF3O2/c1-36(2)14-6-11-25(39)33-20-7-4-8-21(17-20)44(42,43)38-15-12-19(13-16-38)34-29(41)27-24(18-32-37(27)3)35-28(40)26-22(30)9-5-10-23(26)31;3-2(4,5)1(6)7/h4-11,17-19H,12-16H2,1-3H3,(H,33,39)(H,34,41)(H,35,40);(H,6,7)/b11-6+;. The number of nitrogens with one attached hydrogen (secondary N) is 3. The average molecular weight is 777 g/mol. The van der Waals surface area contributed by atoms with Crippen LogP contribution in [-0.2, 0) is 26.7 Å². The molecule has 4 N–H and O–H groups in total. The molecule has 14 nitrogen and oxygen atoms in total. The summed E-state index contributed by atoms with van der Waals surface area (Å²) >= 11 is 12.3. The van der Waals surface area contributed by atoms with Gasteiger partial charge in [-0.25, -0.2) is 13.2 Å². The third-order valence-electron chi connectivity index (χ3n) is 7.10. The summed E-state index contributed by atoms with van der Waals surface area (Å²) in [6.07, 6.45) is 0.112. The van der Waals surface area contributed by atoms with Crippen molar-refractivity contribution in [3.05, 3.63) is 82.1 Å². The molecule has 3 aromatic rings. The Kier molecular flexibility index (Phi) is 14.2. The molecule has 4 rings (SSSR count). The summed E-state index contributed by atoms with van der Waals surface area (Å²) in [6, 6.07) is 10.5. The molecule has 0 unspecified atom stereocenters. The summed E-state index contributed by atoms with van der Waals surface area (Å²) in [5, 5.41) is 19.8. The van der Waals surface area contributed by atoms with Gasteiger partial charge in [0.2, 0.25) is 15.9 Å². The third kappa shape index (κ3) is 11.5. The van der Waals surface area contributed by atoms with Gasteiger partial charge in [0.1, 0.15) is 5.69 Å². The van der Waals surface area contributed by atoms with Crippen LogP contribution in [0.25, 0.3) is 0 Å². The zero-order valence-electron chi connectivity index (χ0n) is 27.4. The van der Waals surface area contributed by atoms with E-state index in [1.54, 1.807) is 31.3 Å². The summed E-state index contributed by atoms with van der Waals surface area (Å²) in [7, 11) is 1.49. The van der Waals surface area contributed by atoms with E-state index in [9.17, 15) is 36.0 Å². The predicted octanol–water partition coefficient (Wildman–Crippen LogP) is 4.25. The molecule has 276 valence electrons. The number of nitrogens with zero attached hydrogens (tertiary/aromatic N) is 4. The fraction of sp³-hybridized carbons (Fsp3) is 0.323. The summed E-state index contributed by atoms with van der Waals surface area (Å²) in [4.78, 5) is 49.2. The van der Waals surface area contributed by atoms with E-state index in [0.717, 1.165) is 0 Å². The van der Waals surface area contributed by atoms with E-state index in [-0.39, 0.29) is 56.9 Å². The van der Waals surface area contributed by atoms with Crippen LogP contribution in [0.1, 0.15) is 33.7 Å². The number of anilines is 2. The normalized spacial score (nSPS) is 14.1. The number of sulfonamides is 1. The van der Waals surface area contributed by atoms with Crippen LogP contribution in [0, 0.1) is 0 Å². The Hall–Kier alpha value is -4.49. The van der Waals surface area contributed by atoms with Gasteiger partial charge in [0.15, 0.2) is 0 Å². The molecule has 0 bridgehead atoms. The molecule has 1 fully saturated rings. The Labute approximate surface area is 301 Å². The van der Waals surface area contributed by atoms with Crippen molar-refractivity contribution in [2.75, 3.05) is 44.4 Å². The molecule has 0 saturated carbocycles. The minimum atomic E-state index is -5.08. The zero-order chi connectivity index (χ0) is 38.1. The second-order valence-corrected chi connectivity index (χ2v) is 14.0. The lowest BCUT2D eigenvalue weighted by molar-refractivity contribution is -0.192. The van der Waals surface area contributed by atoms with E-state index in [2.05, 4.69) is 21.0 Å². The van der Waals surface area contributed by atoms with Crippen LogP contribution in [0.3, 0.4) is 0 Å². The highest BCUT2D eigenvalue weighted by Crippen LogP contribution is 2.27. The predicted molar refractivity (Wildman–Crippen MR) is 183 cm³/mol. The molecule has 3 amide bonds. The monoisotopic (exact) mass is 775 g/mol. The van der Waals surface area contributed by atoms with Crippen molar-refractivity contribution in [1.29, 1.82) is 0 Å². The first-order valence-electron chi connectivity index (χ1n) is 14.9. The SMILES string of the molecule is CN(C)C/C=C/C(=O)Nc1cccc(S(=O)(=O)N2CCC(NC(=O)c3c(NC(=O)c4c(Cl)cccc4Cl)cnn3C)CC2)c1.O=C(O)C(F)(F)F. The van der Waals surface area contributed by atoms with Crippen molar-refractivity contribution in [2.45, 2.75) is 30.0 Å². The van der Waals surface area contributed by atoms with Crippen molar-refractivity contribution in [3.8, 4) is 0 Å². The topological polar surface area (TPSA) is 183 Å². The quantitative estimate of drug-likeness (QED) is 0.219. The molecule has 0 atom stereocenters. The summed E-state index contributed by atoms with van der Waals surface area (Å²) in [6.45, 7) is 0.950. The van der Waals surface area contributed by atoms with Gasteiger partial charge in [-0.15, -0.1) is 0 Å². The Morgan fingerprint density at radius 3 is 2.18 bits per heavy atom. The molecule has 51 heavy (non-hydrogen) atoms. The Morgan fingerprint density at radius 2 is 1.61 bits per heavy atom. The fourth-order valence-electron chi connectivity index (χ4n) is 4.63. The van der Waals surface area contributed by atoms with Gasteiger partial charge in [-0.3, -0.25) is 19.1 Å². The van der Waals surface area contributed by atoms with Crippen molar-refractivity contribution in [1.82, 2.24) is 24.3 Å². The molecule has 1 aliphatic rings. The Bertz CT molecular complexity index is 1880. The number of aromatic nitrogens is 2. The number of likely N-dealkylation sites (N-methyl/N-ethyl adjacent to an activating group) is 1. The number of hydrogen-bond acceptors (Lipinski definition) is 8. The molecule has 20 heteroatoms. The third-order valence-corrected chi connectivity index (χ3v) is 9.63. The van der Waals surface area contributed by atoms with Crippen LogP contribution in [-0.4, -0.2) is 102 Å². The molecule has 1 aromatic heterocycles. The number of aryl methyl sites for hydroxylation is 1. The highest BCUT2D eigenvalue weighted by molar-refractivity contribution is 7.89. The number of alkyl halides is 3. The number of amides is 3. The van der Waals surface area contributed by atoms with Gasteiger partial charge >= 0.3 is 12.1 Å². The number of carboxylic acid groups (broad SMARTS) is 1. The first kappa shape index (κ1) is 40.9. The maximum Gasteiger partial charge on any atom is 0.490 e. The molecule has 2 aromatic carbocycles. The van der Waals surface area contributed by atoms with Crippen LogP contribution in [0.15, 0.2) is 65.7 Å². The van der Waals surface area contributed by atoms with Crippen molar-refractivity contribution in [3.63, 3.8) is 0 Å². The van der Waals surface area contributed by atoms with Gasteiger partial charge in [-0.1, -0.05) is 41.4 Å². The highest BCUT2D eigenvalue weighted by atomic mass is 35.5. The van der Waals surface area contributed by atoms with Gasteiger partial charge in [0, 0.05) is 44.5 Å². The molecule has 1 aliphatic heterocycles. The first-order chi connectivity index (χ1) is 23.8. The zero-order valence-corrected chi connectivity index (χ0v) is 29.7. The minimum Gasteiger partial charge on any atom is -0.475 e. The number of carboxylic acids is 1. The average Bonchev–Trinajstić information content (AvgIpc) is 3.40. The van der Waals surface area contributed by atoms with Crippen molar-refractivity contribution in [2.24, 2.45) is 7.05 Å². The van der Waals surface area contributed by atoms with Crippen LogP contribution in [0.5, 0.6) is 0 Å². The first-order valence-corrected chi connectivity index (χ1v) is 17.1. The molecule has 2 heterocycles. The molecule has 0 radical (unpaired) electrons. The molecular formula is C31H34Cl2F3N7O7S. The van der Waals surface area contributed by atoms with Crippen LogP contribution >= 0.6 is 23.2 Å². The second-order valence-electron chi connectivity index (χ2n) is 11.2. The number of carbonyl (C=O) groups is 4. The smallest absolute Gasteiger partial charge is 0.475 e. The molecule has 0 aliphatic carbocycles. The van der Waals surface area contributed by atoms with Gasteiger partial charge in [-0.2, -0.15) is 22.6 Å². The maximum atomic E-state index is 13.4. The summed E-state index contributed by atoms with van der Waals surface area (Å²) in [5.41, 5.74) is 0.728. The van der Waals surface area contributed by atoms with Gasteiger partial charge in [0.25, 0.3) is 11.8 Å². The van der Waals surface area contributed by atoms with E-state index < -0.39 is 34.0 Å². The molecular weight excluding hydrogens is 742 g/mol. The second kappa shape index (κ2) is 17.6. The summed E-state index contributed by atoms with van der Waals surface area (Å²) in [5.74, 6) is -4.19. The van der Waals surface area contributed by atoms with Crippen LogP contribution in [0.4, 0.5) is 24.5 Å². The number of halogens is 5. The number of benzene rings is 2. The maximum absolute atomic E-state index is 13.4. The fourth-order valence-corrected chi connectivity index (χ4v) is 6.72. The Balaban J connectivity index is 0.000000908. The van der Waals surface area contributed by atoms with Crippen molar-refractivity contribution < 1.29 is 45.9 Å². The number of aliphatic carboxylic acids is 1. The van der Waals surface area contributed by atoms with Crippen molar-refractivity contribution >= 4 is 68.3 Å². The van der Waals surface area contributed by atoms with E-state index in [0.29, 0.717) is 25.1 Å².